The maximum Gasteiger partial charge on any atom is 0.317 e. The van der Waals surface area contributed by atoms with E-state index in [1.54, 1.807) is 6.20 Å². The molecule has 1 atom stereocenters. The second kappa shape index (κ2) is 14.7. The molecule has 1 aromatic carbocycles. The van der Waals surface area contributed by atoms with E-state index in [2.05, 4.69) is 42.5 Å². The Labute approximate surface area is 235 Å². The molecule has 1 saturated heterocycles. The molecule has 4 N–H and O–H groups in total. The van der Waals surface area contributed by atoms with Gasteiger partial charge in [0.15, 0.2) is 0 Å². The lowest BCUT2D eigenvalue weighted by molar-refractivity contribution is -0.139. The fraction of sp³-hybridized carbons (Fsp3) is 0.448. The Kier molecular flexibility index (Phi) is 10.8. The van der Waals surface area contributed by atoms with Crippen LogP contribution >= 0.6 is 0 Å². The highest BCUT2D eigenvalue weighted by Gasteiger charge is 2.28. The third-order valence-corrected chi connectivity index (χ3v) is 7.09. The standard InChI is InChI=1S/C29H40N8O3/c1-30-11-4-13-35(2)27-8-7-23(18-32-27)26-9-12-31-29(34-26)33-24-6-3-5-22(17-24)19-36-14-15-37(21-28(39)40)25(20-36)10-16-38/h3,5-9,12,17-18,25,30,38H,4,10-11,13-16,19-21H2,1-2H3,(H,39,40)(H,31,33,34). The average Bonchev–Trinajstić information content (AvgIpc) is 2.95. The first-order valence-corrected chi connectivity index (χ1v) is 13.8. The van der Waals surface area contributed by atoms with Crippen molar-refractivity contribution in [1.29, 1.82) is 0 Å². The summed E-state index contributed by atoms with van der Waals surface area (Å²) in [5.41, 5.74) is 3.74. The van der Waals surface area contributed by atoms with E-state index in [1.165, 1.54) is 0 Å². The summed E-state index contributed by atoms with van der Waals surface area (Å²) in [5.74, 6) is 0.598. The molecule has 1 unspecified atom stereocenters. The highest BCUT2D eigenvalue weighted by Crippen LogP contribution is 2.22. The van der Waals surface area contributed by atoms with Gasteiger partial charge in [0.2, 0.25) is 5.95 Å². The minimum atomic E-state index is -0.835. The van der Waals surface area contributed by atoms with Crippen LogP contribution in [0.1, 0.15) is 18.4 Å². The number of carbonyl (C=O) groups is 1. The Bertz CT molecular complexity index is 1230. The maximum atomic E-state index is 11.2. The van der Waals surface area contributed by atoms with Crippen molar-refractivity contribution in [2.24, 2.45) is 0 Å². The van der Waals surface area contributed by atoms with E-state index in [9.17, 15) is 15.0 Å². The normalized spacial score (nSPS) is 16.1. The monoisotopic (exact) mass is 548 g/mol. The lowest BCUT2D eigenvalue weighted by Crippen LogP contribution is -2.54. The summed E-state index contributed by atoms with van der Waals surface area (Å²) in [6.07, 6.45) is 5.19. The molecule has 3 heterocycles. The van der Waals surface area contributed by atoms with Gasteiger partial charge in [-0.3, -0.25) is 14.6 Å². The number of piperazine rings is 1. The summed E-state index contributed by atoms with van der Waals surface area (Å²) in [7, 11) is 4.00. The van der Waals surface area contributed by atoms with Crippen LogP contribution in [-0.2, 0) is 11.3 Å². The van der Waals surface area contributed by atoms with Gasteiger partial charge < -0.3 is 25.7 Å². The van der Waals surface area contributed by atoms with Gasteiger partial charge in [-0.1, -0.05) is 12.1 Å². The lowest BCUT2D eigenvalue weighted by Gasteiger charge is -2.40. The summed E-state index contributed by atoms with van der Waals surface area (Å²) in [4.78, 5) is 31.4. The Morgan fingerprint density at radius 3 is 2.80 bits per heavy atom. The van der Waals surface area contributed by atoms with Crippen molar-refractivity contribution in [2.75, 3.05) is 70.2 Å². The number of nitrogens with zero attached hydrogens (tertiary/aromatic N) is 6. The second-order valence-electron chi connectivity index (χ2n) is 10.1. The molecule has 0 amide bonds. The topological polar surface area (TPSA) is 130 Å². The number of hydrogen-bond donors (Lipinski definition) is 4. The van der Waals surface area contributed by atoms with Gasteiger partial charge in [0.25, 0.3) is 0 Å². The van der Waals surface area contributed by atoms with Gasteiger partial charge in [0.1, 0.15) is 5.82 Å². The van der Waals surface area contributed by atoms with Crippen molar-refractivity contribution in [3.63, 3.8) is 0 Å². The van der Waals surface area contributed by atoms with Crippen LogP contribution in [0, 0.1) is 0 Å². The van der Waals surface area contributed by atoms with Gasteiger partial charge in [0, 0.05) is 76.1 Å². The Morgan fingerprint density at radius 1 is 1.18 bits per heavy atom. The first-order chi connectivity index (χ1) is 19.4. The summed E-state index contributed by atoms with van der Waals surface area (Å²) in [5, 5.41) is 25.2. The van der Waals surface area contributed by atoms with Gasteiger partial charge in [-0.05, 0) is 62.3 Å². The number of rotatable bonds is 14. The summed E-state index contributed by atoms with van der Waals surface area (Å²) in [6, 6.07) is 14.1. The first-order valence-electron chi connectivity index (χ1n) is 13.8. The van der Waals surface area contributed by atoms with Crippen LogP contribution in [0.3, 0.4) is 0 Å². The van der Waals surface area contributed by atoms with Gasteiger partial charge >= 0.3 is 5.97 Å². The minimum absolute atomic E-state index is 0.00515. The number of aliphatic carboxylic acids is 1. The number of aromatic nitrogens is 3. The highest BCUT2D eigenvalue weighted by molar-refractivity contribution is 5.69. The summed E-state index contributed by atoms with van der Waals surface area (Å²) < 4.78 is 0. The summed E-state index contributed by atoms with van der Waals surface area (Å²) in [6.45, 7) is 4.84. The van der Waals surface area contributed by atoms with Crippen molar-refractivity contribution in [3.05, 3.63) is 60.4 Å². The molecule has 4 rings (SSSR count). The molecule has 0 saturated carbocycles. The molecule has 0 radical (unpaired) electrons. The quantitative estimate of drug-likeness (QED) is 0.221. The van der Waals surface area contributed by atoms with Gasteiger partial charge in [-0.25, -0.2) is 15.0 Å². The predicted octanol–water partition coefficient (Wildman–Crippen LogP) is 2.28. The fourth-order valence-electron chi connectivity index (χ4n) is 4.99. The number of nitrogens with one attached hydrogen (secondary N) is 2. The number of carboxylic acid groups (broad SMARTS) is 1. The Balaban J connectivity index is 1.37. The van der Waals surface area contributed by atoms with Crippen LogP contribution in [0.2, 0.25) is 0 Å². The first kappa shape index (κ1) is 29.3. The number of pyridine rings is 1. The molecule has 1 fully saturated rings. The van der Waals surface area contributed by atoms with Crippen LogP contribution in [0.4, 0.5) is 17.5 Å². The highest BCUT2D eigenvalue weighted by atomic mass is 16.4. The van der Waals surface area contributed by atoms with Crippen molar-refractivity contribution in [1.82, 2.24) is 30.1 Å². The van der Waals surface area contributed by atoms with Gasteiger partial charge in [0.05, 0.1) is 12.2 Å². The third-order valence-electron chi connectivity index (χ3n) is 7.09. The SMILES string of the molecule is CNCCCN(C)c1ccc(-c2ccnc(Nc3cccc(CN4CCN(CC(=O)O)C(CCO)C4)c3)n2)cn1. The van der Waals surface area contributed by atoms with Crippen LogP contribution < -0.4 is 15.5 Å². The molecule has 214 valence electrons. The predicted molar refractivity (Wildman–Crippen MR) is 157 cm³/mol. The largest absolute Gasteiger partial charge is 0.480 e. The zero-order chi connectivity index (χ0) is 28.3. The molecule has 0 bridgehead atoms. The van der Waals surface area contributed by atoms with E-state index in [-0.39, 0.29) is 19.2 Å². The zero-order valence-electron chi connectivity index (χ0n) is 23.3. The van der Waals surface area contributed by atoms with Crippen molar-refractivity contribution < 1.29 is 15.0 Å². The number of aliphatic hydroxyl groups is 1. The molecule has 11 heteroatoms. The van der Waals surface area contributed by atoms with Crippen LogP contribution in [-0.4, -0.2) is 107 Å². The number of anilines is 3. The molecule has 11 nitrogen and oxygen atoms in total. The van der Waals surface area contributed by atoms with Crippen molar-refractivity contribution >= 4 is 23.4 Å². The molecule has 0 spiro atoms. The number of hydrogen-bond acceptors (Lipinski definition) is 10. The average molecular weight is 549 g/mol. The van der Waals surface area contributed by atoms with Crippen LogP contribution in [0.15, 0.2) is 54.9 Å². The van der Waals surface area contributed by atoms with Gasteiger partial charge in [-0.2, -0.15) is 0 Å². The van der Waals surface area contributed by atoms with E-state index >= 15 is 0 Å². The van der Waals surface area contributed by atoms with E-state index in [1.807, 2.05) is 55.5 Å². The molecule has 1 aliphatic heterocycles. The number of benzene rings is 1. The minimum Gasteiger partial charge on any atom is -0.480 e. The summed E-state index contributed by atoms with van der Waals surface area (Å²) >= 11 is 0. The molecule has 0 aliphatic carbocycles. The molecule has 3 aromatic rings. The number of carboxylic acids is 1. The van der Waals surface area contributed by atoms with E-state index in [0.717, 1.165) is 67.5 Å². The van der Waals surface area contributed by atoms with E-state index < -0.39 is 5.97 Å². The van der Waals surface area contributed by atoms with E-state index in [4.69, 9.17) is 4.98 Å². The zero-order valence-corrected chi connectivity index (χ0v) is 23.3. The molecule has 1 aliphatic rings. The van der Waals surface area contributed by atoms with E-state index in [0.29, 0.717) is 18.9 Å². The second-order valence-corrected chi connectivity index (χ2v) is 10.1. The van der Waals surface area contributed by atoms with Crippen LogP contribution in [0.5, 0.6) is 0 Å². The molecule has 40 heavy (non-hydrogen) atoms. The molecular formula is C29H40N8O3. The maximum absolute atomic E-state index is 11.2. The Hall–Kier alpha value is -3.64. The molecule has 2 aromatic heterocycles. The lowest BCUT2D eigenvalue weighted by atomic mass is 10.1. The number of aliphatic hydroxyl groups excluding tert-OH is 1. The van der Waals surface area contributed by atoms with Crippen molar-refractivity contribution in [2.45, 2.75) is 25.4 Å². The fourth-order valence-corrected chi connectivity index (χ4v) is 4.99. The molecular weight excluding hydrogens is 508 g/mol. The van der Waals surface area contributed by atoms with Gasteiger partial charge in [-0.15, -0.1) is 0 Å². The smallest absolute Gasteiger partial charge is 0.317 e. The Morgan fingerprint density at radius 2 is 2.05 bits per heavy atom. The third kappa shape index (κ3) is 8.43. The van der Waals surface area contributed by atoms with Crippen molar-refractivity contribution in [3.8, 4) is 11.3 Å². The van der Waals surface area contributed by atoms with Crippen LogP contribution in [0.25, 0.3) is 11.3 Å².